The zero-order chi connectivity index (χ0) is 23.9. The minimum atomic E-state index is -0.590. The Kier molecular flexibility index (Phi) is 7.40. The molecule has 0 atom stereocenters. The number of para-hydroxylation sites is 2. The molecule has 34 heavy (non-hydrogen) atoms. The van der Waals surface area contributed by atoms with Crippen molar-refractivity contribution in [2.75, 3.05) is 0 Å². The van der Waals surface area contributed by atoms with Crippen LogP contribution in [0.4, 0.5) is 17.1 Å². The molecular formula is C28H29N2O4+. The van der Waals surface area contributed by atoms with Gasteiger partial charge in [-0.1, -0.05) is 43.0 Å². The van der Waals surface area contributed by atoms with Crippen molar-refractivity contribution in [3.63, 3.8) is 0 Å². The lowest BCUT2D eigenvalue weighted by molar-refractivity contribution is -0.681. The zero-order valence-corrected chi connectivity index (χ0v) is 19.0. The molecule has 4 rings (SSSR count). The number of quaternary nitrogens is 1. The highest BCUT2D eigenvalue weighted by atomic mass is 16.5. The van der Waals surface area contributed by atoms with Crippen molar-refractivity contribution < 1.29 is 24.0 Å². The van der Waals surface area contributed by atoms with Crippen LogP contribution in [0.25, 0.3) is 0 Å². The van der Waals surface area contributed by atoms with Crippen LogP contribution in [0.15, 0.2) is 97.2 Å². The van der Waals surface area contributed by atoms with Crippen LogP contribution in [0.5, 0.6) is 5.75 Å². The number of hydrogen-bond acceptors (Lipinski definition) is 5. The predicted octanol–water partition coefficient (Wildman–Crippen LogP) is 4.35. The Labute approximate surface area is 199 Å². The Morgan fingerprint density at radius 1 is 0.765 bits per heavy atom. The lowest BCUT2D eigenvalue weighted by Gasteiger charge is -2.27. The molecule has 0 bridgehead atoms. The summed E-state index contributed by atoms with van der Waals surface area (Å²) in [5, 5.41) is 0. The molecule has 0 spiro atoms. The molecule has 0 unspecified atom stereocenters. The quantitative estimate of drug-likeness (QED) is 0.313. The van der Waals surface area contributed by atoms with E-state index in [1.165, 1.54) is 0 Å². The van der Waals surface area contributed by atoms with Gasteiger partial charge in [0.15, 0.2) is 0 Å². The van der Waals surface area contributed by atoms with Crippen LogP contribution in [-0.2, 0) is 14.3 Å². The number of nitrogens with one attached hydrogen (secondary N) is 1. The number of rotatable bonds is 7. The van der Waals surface area contributed by atoms with Crippen LogP contribution in [0.1, 0.15) is 25.7 Å². The fourth-order valence-corrected chi connectivity index (χ4v) is 4.24. The fraction of sp³-hybridized carbons (Fsp3) is 0.214. The third kappa shape index (κ3) is 5.71. The van der Waals surface area contributed by atoms with Gasteiger partial charge in [0.2, 0.25) is 0 Å². The first-order valence-corrected chi connectivity index (χ1v) is 11.5. The molecule has 6 nitrogen and oxygen atoms in total. The Bertz CT molecular complexity index is 1080. The van der Waals surface area contributed by atoms with Crippen molar-refractivity contribution in [3.05, 3.63) is 97.2 Å². The Balaban J connectivity index is 1.40. The summed E-state index contributed by atoms with van der Waals surface area (Å²) >= 11 is 0. The number of carbonyl (C=O) groups excluding carboxylic acids is 2. The summed E-state index contributed by atoms with van der Waals surface area (Å²) in [6, 6.07) is 28.1. The molecule has 1 aliphatic rings. The Morgan fingerprint density at radius 3 is 1.76 bits per heavy atom. The topological polar surface area (TPSA) is 83.1 Å². The molecule has 3 aromatic rings. The summed E-state index contributed by atoms with van der Waals surface area (Å²) < 4.78 is 11.0. The average Bonchev–Trinajstić information content (AvgIpc) is 2.87. The van der Waals surface area contributed by atoms with Crippen LogP contribution < -0.4 is 15.4 Å². The molecule has 0 radical (unpaired) electrons. The second-order valence-corrected chi connectivity index (χ2v) is 8.46. The molecule has 1 saturated carbocycles. The van der Waals surface area contributed by atoms with E-state index in [1.807, 2.05) is 60.7 Å². The van der Waals surface area contributed by atoms with Crippen molar-refractivity contribution in [1.82, 2.24) is 0 Å². The van der Waals surface area contributed by atoms with E-state index in [1.54, 1.807) is 0 Å². The number of nitrogens with two attached hydrogens (primary N) is 1. The van der Waals surface area contributed by atoms with E-state index in [4.69, 9.17) is 15.2 Å². The highest BCUT2D eigenvalue weighted by molar-refractivity contribution is 5.86. The second kappa shape index (κ2) is 10.8. The molecule has 0 aliphatic heterocycles. The van der Waals surface area contributed by atoms with Crippen molar-refractivity contribution in [2.45, 2.75) is 31.8 Å². The van der Waals surface area contributed by atoms with Gasteiger partial charge in [-0.3, -0.25) is 4.79 Å². The van der Waals surface area contributed by atoms with E-state index in [0.717, 1.165) is 22.0 Å². The van der Waals surface area contributed by atoms with Gasteiger partial charge in [-0.25, -0.2) is 9.69 Å². The highest BCUT2D eigenvalue weighted by Crippen LogP contribution is 2.28. The van der Waals surface area contributed by atoms with Gasteiger partial charge in [-0.2, -0.15) is 0 Å². The number of ether oxygens (including phenoxy) is 2. The van der Waals surface area contributed by atoms with Gasteiger partial charge in [-0.15, -0.1) is 0 Å². The van der Waals surface area contributed by atoms with Gasteiger partial charge in [0.1, 0.15) is 34.6 Å². The van der Waals surface area contributed by atoms with Crippen molar-refractivity contribution in [2.24, 2.45) is 11.7 Å². The summed E-state index contributed by atoms with van der Waals surface area (Å²) in [7, 11) is 0. The highest BCUT2D eigenvalue weighted by Gasteiger charge is 2.30. The number of esters is 2. The monoisotopic (exact) mass is 457 g/mol. The van der Waals surface area contributed by atoms with Gasteiger partial charge < -0.3 is 15.2 Å². The van der Waals surface area contributed by atoms with E-state index in [2.05, 4.69) is 30.8 Å². The standard InChI is InChI=1S/C28H28N2O4/c1-20(29)27(31)33-25-16-12-21(13-17-25)28(32)34-26-18-14-24(15-19-26)30(22-8-4-2-5-9-22)23-10-6-3-7-11-23/h2-11,14-15,18-19,21,25H,1,12-13,16-17,29H2/p+1. The van der Waals surface area contributed by atoms with Gasteiger partial charge in [-0.05, 0) is 62.1 Å². The maximum atomic E-state index is 12.7. The molecule has 6 heteroatoms. The molecule has 3 N–H and O–H groups in total. The van der Waals surface area contributed by atoms with Crippen molar-refractivity contribution >= 4 is 29.0 Å². The zero-order valence-electron chi connectivity index (χ0n) is 19.0. The maximum absolute atomic E-state index is 12.7. The van der Waals surface area contributed by atoms with Crippen molar-refractivity contribution in [3.8, 4) is 5.75 Å². The first-order valence-electron chi connectivity index (χ1n) is 11.5. The van der Waals surface area contributed by atoms with Crippen LogP contribution in [0.3, 0.4) is 0 Å². The normalized spacial score (nSPS) is 17.7. The predicted molar refractivity (Wildman–Crippen MR) is 130 cm³/mol. The summed E-state index contributed by atoms with van der Waals surface area (Å²) in [6.45, 7) is 3.39. The largest absolute Gasteiger partial charge is 0.458 e. The van der Waals surface area contributed by atoms with Gasteiger partial charge in [0.25, 0.3) is 0 Å². The molecule has 0 saturated heterocycles. The second-order valence-electron chi connectivity index (χ2n) is 8.46. The fourth-order valence-electron chi connectivity index (χ4n) is 4.24. The lowest BCUT2D eigenvalue weighted by Crippen LogP contribution is -2.96. The summed E-state index contributed by atoms with van der Waals surface area (Å²) in [5.74, 6) is -0.543. The Morgan fingerprint density at radius 2 is 1.26 bits per heavy atom. The molecule has 1 aliphatic carbocycles. The third-order valence-corrected chi connectivity index (χ3v) is 6.03. The summed E-state index contributed by atoms with van der Waals surface area (Å²) in [4.78, 5) is 25.4. The molecular weight excluding hydrogens is 428 g/mol. The molecule has 174 valence electrons. The molecule has 0 amide bonds. The van der Waals surface area contributed by atoms with Crippen LogP contribution in [-0.4, -0.2) is 18.0 Å². The lowest BCUT2D eigenvalue weighted by atomic mass is 9.87. The van der Waals surface area contributed by atoms with E-state index in [0.29, 0.717) is 31.4 Å². The number of hydrogen-bond donors (Lipinski definition) is 2. The molecule has 3 aromatic carbocycles. The minimum absolute atomic E-state index is 0.107. The average molecular weight is 458 g/mol. The van der Waals surface area contributed by atoms with E-state index < -0.39 is 5.97 Å². The van der Waals surface area contributed by atoms with Crippen molar-refractivity contribution in [1.29, 1.82) is 0 Å². The molecule has 1 fully saturated rings. The van der Waals surface area contributed by atoms with Gasteiger partial charge >= 0.3 is 11.9 Å². The first-order chi connectivity index (χ1) is 16.5. The van der Waals surface area contributed by atoms with Crippen LogP contribution >= 0.6 is 0 Å². The van der Waals surface area contributed by atoms with Gasteiger partial charge in [0.05, 0.1) is 5.92 Å². The Hall–Kier alpha value is -3.90. The third-order valence-electron chi connectivity index (χ3n) is 6.03. The summed E-state index contributed by atoms with van der Waals surface area (Å²) in [6.07, 6.45) is 2.17. The first kappa shape index (κ1) is 23.3. The SMILES string of the molecule is C=C(N)C(=O)OC1CCC(C(=O)Oc2ccc([NH+](c3ccccc3)c3ccccc3)cc2)CC1. The summed E-state index contributed by atoms with van der Waals surface area (Å²) in [5.41, 5.74) is 8.54. The van der Waals surface area contributed by atoms with Crippen LogP contribution in [0, 0.1) is 5.92 Å². The van der Waals surface area contributed by atoms with Crippen LogP contribution in [0.2, 0.25) is 0 Å². The minimum Gasteiger partial charge on any atom is -0.458 e. The maximum Gasteiger partial charge on any atom is 0.353 e. The van der Waals surface area contributed by atoms with Gasteiger partial charge in [0, 0.05) is 12.1 Å². The number of carbonyl (C=O) groups is 2. The van der Waals surface area contributed by atoms with E-state index in [9.17, 15) is 9.59 Å². The molecule has 0 heterocycles. The molecule has 0 aromatic heterocycles. The smallest absolute Gasteiger partial charge is 0.353 e. The number of benzene rings is 3. The van der Waals surface area contributed by atoms with E-state index >= 15 is 0 Å². The van der Waals surface area contributed by atoms with E-state index in [-0.39, 0.29) is 23.7 Å².